The summed E-state index contributed by atoms with van der Waals surface area (Å²) in [6, 6.07) is 4.12. The summed E-state index contributed by atoms with van der Waals surface area (Å²) in [7, 11) is 1.85. The fourth-order valence-electron chi connectivity index (χ4n) is 3.99. The molecule has 0 saturated carbocycles. The number of guanidine groups is 1. The van der Waals surface area contributed by atoms with Gasteiger partial charge in [-0.1, -0.05) is 6.07 Å². The Hall–Kier alpha value is -2.41. The van der Waals surface area contributed by atoms with E-state index in [1.807, 2.05) is 37.3 Å². The number of pyridine rings is 1. The lowest BCUT2D eigenvalue weighted by atomic mass is 10.2. The van der Waals surface area contributed by atoms with Gasteiger partial charge in [0.15, 0.2) is 5.96 Å². The third-order valence-corrected chi connectivity index (χ3v) is 5.64. The minimum atomic E-state index is 0. The standard InChI is InChI=1S/C22H32N8O2.HI/c1-4-23-22(29-7-8-30(21(31)16-29)19-13-26-27(3)15-19)25-12-18-5-6-20(24-11-18)28-9-10-32-17(2)14-28;/h5-6,11,13,15,17H,4,7-10,12,14,16H2,1-3H3,(H,23,25);1H. The first-order valence-electron chi connectivity index (χ1n) is 11.2. The normalized spacial score (nSPS) is 19.5. The monoisotopic (exact) mass is 568 g/mol. The van der Waals surface area contributed by atoms with Gasteiger partial charge in [0.1, 0.15) is 12.4 Å². The number of halogens is 1. The van der Waals surface area contributed by atoms with Crippen LogP contribution in [0.15, 0.2) is 35.7 Å². The van der Waals surface area contributed by atoms with Crippen molar-refractivity contribution in [2.75, 3.05) is 55.7 Å². The molecule has 2 fully saturated rings. The predicted octanol–water partition coefficient (Wildman–Crippen LogP) is 1.47. The van der Waals surface area contributed by atoms with Crippen molar-refractivity contribution in [3.63, 3.8) is 0 Å². The Balaban J connectivity index is 0.00000306. The SMILES string of the molecule is CCNC(=NCc1ccc(N2CCOC(C)C2)nc1)N1CCN(c2cnn(C)c2)C(=O)C1.I. The number of rotatable bonds is 5. The van der Waals surface area contributed by atoms with Gasteiger partial charge in [-0.15, -0.1) is 24.0 Å². The number of ether oxygens (including phenoxy) is 1. The Labute approximate surface area is 212 Å². The molecule has 1 atom stereocenters. The summed E-state index contributed by atoms with van der Waals surface area (Å²) < 4.78 is 7.32. The van der Waals surface area contributed by atoms with Crippen LogP contribution in [0.1, 0.15) is 19.4 Å². The second-order valence-corrected chi connectivity index (χ2v) is 8.16. The summed E-state index contributed by atoms with van der Waals surface area (Å²) in [5, 5.41) is 7.49. The van der Waals surface area contributed by atoms with Gasteiger partial charge < -0.3 is 24.8 Å². The van der Waals surface area contributed by atoms with Gasteiger partial charge in [0.25, 0.3) is 0 Å². The number of amides is 1. The van der Waals surface area contributed by atoms with E-state index in [4.69, 9.17) is 9.73 Å². The maximum Gasteiger partial charge on any atom is 0.246 e. The van der Waals surface area contributed by atoms with E-state index in [1.54, 1.807) is 15.8 Å². The molecule has 180 valence electrons. The lowest BCUT2D eigenvalue weighted by molar-refractivity contribution is -0.120. The molecule has 33 heavy (non-hydrogen) atoms. The van der Waals surface area contributed by atoms with Crippen molar-refractivity contribution >= 4 is 47.3 Å². The minimum Gasteiger partial charge on any atom is -0.375 e. The summed E-state index contributed by atoms with van der Waals surface area (Å²) in [6.07, 6.45) is 5.69. The number of nitrogens with zero attached hydrogens (tertiary/aromatic N) is 7. The Morgan fingerprint density at radius 2 is 2.12 bits per heavy atom. The molecule has 0 spiro atoms. The Morgan fingerprint density at radius 3 is 2.76 bits per heavy atom. The molecule has 2 aromatic rings. The van der Waals surface area contributed by atoms with Crippen LogP contribution in [0.3, 0.4) is 0 Å². The fraction of sp³-hybridized carbons (Fsp3) is 0.545. The average molecular weight is 568 g/mol. The number of hydrogen-bond donors (Lipinski definition) is 1. The van der Waals surface area contributed by atoms with Crippen LogP contribution in [0.25, 0.3) is 0 Å². The highest BCUT2D eigenvalue weighted by molar-refractivity contribution is 14.0. The van der Waals surface area contributed by atoms with Crippen molar-refractivity contribution in [3.8, 4) is 0 Å². The first-order valence-corrected chi connectivity index (χ1v) is 11.2. The smallest absolute Gasteiger partial charge is 0.246 e. The predicted molar refractivity (Wildman–Crippen MR) is 139 cm³/mol. The van der Waals surface area contributed by atoms with E-state index in [9.17, 15) is 4.79 Å². The molecule has 4 heterocycles. The van der Waals surface area contributed by atoms with E-state index in [0.29, 0.717) is 19.6 Å². The molecule has 0 aliphatic carbocycles. The van der Waals surface area contributed by atoms with Crippen molar-refractivity contribution in [3.05, 3.63) is 36.3 Å². The molecule has 2 aliphatic rings. The van der Waals surface area contributed by atoms with Crippen molar-refractivity contribution in [2.45, 2.75) is 26.5 Å². The number of piperazine rings is 1. The maximum atomic E-state index is 12.7. The Bertz CT molecular complexity index is 948. The highest BCUT2D eigenvalue weighted by atomic mass is 127. The highest BCUT2D eigenvalue weighted by Crippen LogP contribution is 2.17. The van der Waals surface area contributed by atoms with Gasteiger partial charge in [-0.3, -0.25) is 9.48 Å². The van der Waals surface area contributed by atoms with Gasteiger partial charge in [0, 0.05) is 52.2 Å². The third kappa shape index (κ3) is 6.34. The van der Waals surface area contributed by atoms with E-state index in [1.165, 1.54) is 0 Å². The van der Waals surface area contributed by atoms with Gasteiger partial charge >= 0.3 is 0 Å². The van der Waals surface area contributed by atoms with E-state index < -0.39 is 0 Å². The molecule has 11 heteroatoms. The quantitative estimate of drug-likeness (QED) is 0.332. The second kappa shape index (κ2) is 11.6. The van der Waals surface area contributed by atoms with Crippen molar-refractivity contribution in [1.29, 1.82) is 0 Å². The average Bonchev–Trinajstić information content (AvgIpc) is 3.23. The molecule has 2 aliphatic heterocycles. The summed E-state index contributed by atoms with van der Waals surface area (Å²) in [4.78, 5) is 28.2. The number of morpholine rings is 1. The van der Waals surface area contributed by atoms with Crippen molar-refractivity contribution < 1.29 is 9.53 Å². The summed E-state index contributed by atoms with van der Waals surface area (Å²) >= 11 is 0. The Morgan fingerprint density at radius 1 is 1.27 bits per heavy atom. The van der Waals surface area contributed by atoms with Crippen LogP contribution >= 0.6 is 24.0 Å². The molecule has 10 nitrogen and oxygen atoms in total. The lowest BCUT2D eigenvalue weighted by Crippen LogP contribution is -2.55. The molecule has 2 saturated heterocycles. The highest BCUT2D eigenvalue weighted by Gasteiger charge is 2.27. The molecule has 1 unspecified atom stereocenters. The number of nitrogens with one attached hydrogen (secondary N) is 1. The molecule has 0 radical (unpaired) electrons. The summed E-state index contributed by atoms with van der Waals surface area (Å²) in [5.74, 6) is 1.76. The zero-order valence-corrected chi connectivity index (χ0v) is 21.8. The van der Waals surface area contributed by atoms with Gasteiger partial charge in [0.2, 0.25) is 5.91 Å². The number of carbonyl (C=O) groups excluding carboxylic acids is 1. The van der Waals surface area contributed by atoms with Crippen LogP contribution in [0.5, 0.6) is 0 Å². The van der Waals surface area contributed by atoms with Crippen LogP contribution in [-0.4, -0.2) is 83.5 Å². The van der Waals surface area contributed by atoms with E-state index >= 15 is 0 Å². The van der Waals surface area contributed by atoms with Crippen molar-refractivity contribution in [2.24, 2.45) is 12.0 Å². The van der Waals surface area contributed by atoms with Gasteiger partial charge in [0.05, 0.1) is 31.1 Å². The molecule has 1 amide bonds. The largest absolute Gasteiger partial charge is 0.375 e. The number of carbonyl (C=O) groups is 1. The van der Waals surface area contributed by atoms with Crippen LogP contribution in [0.2, 0.25) is 0 Å². The fourth-order valence-corrected chi connectivity index (χ4v) is 3.99. The molecule has 0 bridgehead atoms. The summed E-state index contributed by atoms with van der Waals surface area (Å²) in [5.41, 5.74) is 1.87. The first kappa shape index (κ1) is 25.2. The van der Waals surface area contributed by atoms with E-state index in [2.05, 4.69) is 33.3 Å². The molecular formula is C22H33IN8O2. The number of aromatic nitrogens is 3. The van der Waals surface area contributed by atoms with E-state index in [0.717, 1.165) is 49.3 Å². The van der Waals surface area contributed by atoms with Crippen molar-refractivity contribution in [1.82, 2.24) is 25.0 Å². The van der Waals surface area contributed by atoms with E-state index in [-0.39, 0.29) is 42.5 Å². The second-order valence-electron chi connectivity index (χ2n) is 8.16. The number of hydrogen-bond acceptors (Lipinski definition) is 6. The number of anilines is 2. The zero-order valence-electron chi connectivity index (χ0n) is 19.5. The Kier molecular flexibility index (Phi) is 8.89. The van der Waals surface area contributed by atoms with Crippen LogP contribution in [-0.2, 0) is 23.1 Å². The molecule has 4 rings (SSSR count). The third-order valence-electron chi connectivity index (χ3n) is 5.64. The number of aryl methyl sites for hydroxylation is 1. The first-order chi connectivity index (χ1) is 15.5. The molecule has 2 aromatic heterocycles. The molecule has 1 N–H and O–H groups in total. The zero-order chi connectivity index (χ0) is 22.5. The maximum absolute atomic E-state index is 12.7. The summed E-state index contributed by atoms with van der Waals surface area (Å²) in [6.45, 7) is 9.39. The van der Waals surface area contributed by atoms with Crippen LogP contribution in [0, 0.1) is 0 Å². The van der Waals surface area contributed by atoms with Gasteiger partial charge in [-0.2, -0.15) is 5.10 Å². The van der Waals surface area contributed by atoms with Crippen LogP contribution in [0.4, 0.5) is 11.5 Å². The lowest BCUT2D eigenvalue weighted by Gasteiger charge is -2.35. The van der Waals surface area contributed by atoms with Gasteiger partial charge in [-0.05, 0) is 25.5 Å². The topological polar surface area (TPSA) is 91.1 Å². The number of aliphatic imine (C=N–C) groups is 1. The van der Waals surface area contributed by atoms with Gasteiger partial charge in [-0.25, -0.2) is 9.98 Å². The molecular weight excluding hydrogens is 535 g/mol. The molecule has 0 aromatic carbocycles. The van der Waals surface area contributed by atoms with Crippen LogP contribution < -0.4 is 15.1 Å². The minimum absolute atomic E-state index is 0.